The Bertz CT molecular complexity index is 338. The van der Waals surface area contributed by atoms with Gasteiger partial charge in [-0.3, -0.25) is 0 Å². The summed E-state index contributed by atoms with van der Waals surface area (Å²) >= 11 is 0. The van der Waals surface area contributed by atoms with E-state index in [1.54, 1.807) is 0 Å². The molecular formula is C15H24N2O. The van der Waals surface area contributed by atoms with Crippen molar-refractivity contribution in [1.82, 2.24) is 10.2 Å². The predicted octanol–water partition coefficient (Wildman–Crippen LogP) is 1.27. The van der Waals surface area contributed by atoms with Gasteiger partial charge < -0.3 is 15.3 Å². The monoisotopic (exact) mass is 248 g/mol. The molecule has 2 rings (SSSR count). The zero-order valence-corrected chi connectivity index (χ0v) is 11.2. The first-order valence-corrected chi connectivity index (χ1v) is 6.87. The Morgan fingerprint density at radius 2 is 2.06 bits per heavy atom. The maximum Gasteiger partial charge on any atom is 0.0597 e. The summed E-state index contributed by atoms with van der Waals surface area (Å²) in [6.07, 6.45) is 3.60. The van der Waals surface area contributed by atoms with Gasteiger partial charge in [0.15, 0.2) is 0 Å². The van der Waals surface area contributed by atoms with Crippen LogP contribution in [0.1, 0.15) is 18.4 Å². The highest BCUT2D eigenvalue weighted by Gasteiger charge is 2.24. The van der Waals surface area contributed by atoms with Crippen molar-refractivity contribution in [1.29, 1.82) is 0 Å². The van der Waals surface area contributed by atoms with Gasteiger partial charge in [-0.25, -0.2) is 0 Å². The van der Waals surface area contributed by atoms with Crippen LogP contribution in [0.25, 0.3) is 0 Å². The fraction of sp³-hybridized carbons (Fsp3) is 0.600. The summed E-state index contributed by atoms with van der Waals surface area (Å²) in [5, 5.41) is 12.8. The molecule has 1 atom stereocenters. The van der Waals surface area contributed by atoms with Crippen LogP contribution in [0.5, 0.6) is 0 Å². The van der Waals surface area contributed by atoms with Gasteiger partial charge in [0.2, 0.25) is 0 Å². The first kappa shape index (κ1) is 13.5. The number of aliphatic hydroxyl groups is 1. The minimum atomic E-state index is 0.221. The Hall–Kier alpha value is -0.900. The maximum absolute atomic E-state index is 9.35. The molecule has 0 saturated heterocycles. The van der Waals surface area contributed by atoms with Gasteiger partial charge in [0.25, 0.3) is 0 Å². The second kappa shape index (κ2) is 6.88. The van der Waals surface area contributed by atoms with E-state index in [1.807, 2.05) is 0 Å². The van der Waals surface area contributed by atoms with Crippen LogP contribution < -0.4 is 5.32 Å². The van der Waals surface area contributed by atoms with Crippen LogP contribution in [0.3, 0.4) is 0 Å². The molecule has 1 aliphatic rings. The Morgan fingerprint density at radius 1 is 1.33 bits per heavy atom. The van der Waals surface area contributed by atoms with Crippen LogP contribution in [0, 0.1) is 0 Å². The lowest BCUT2D eigenvalue weighted by molar-refractivity contribution is 0.198. The molecule has 18 heavy (non-hydrogen) atoms. The highest BCUT2D eigenvalue weighted by atomic mass is 16.3. The van der Waals surface area contributed by atoms with E-state index in [0.717, 1.165) is 19.5 Å². The third-order valence-corrected chi connectivity index (χ3v) is 3.43. The summed E-state index contributed by atoms with van der Waals surface area (Å²) in [7, 11) is 2.13. The molecule has 0 aromatic heterocycles. The molecule has 0 bridgehead atoms. The third-order valence-electron chi connectivity index (χ3n) is 3.43. The molecule has 3 heteroatoms. The van der Waals surface area contributed by atoms with Crippen LogP contribution in [0.15, 0.2) is 30.3 Å². The number of benzene rings is 1. The molecule has 2 N–H and O–H groups in total. The smallest absolute Gasteiger partial charge is 0.0597 e. The van der Waals surface area contributed by atoms with E-state index in [2.05, 4.69) is 47.6 Å². The van der Waals surface area contributed by atoms with E-state index in [1.165, 1.54) is 18.4 Å². The predicted molar refractivity (Wildman–Crippen MR) is 74.7 cm³/mol. The number of hydrogen-bond acceptors (Lipinski definition) is 3. The second-order valence-electron chi connectivity index (χ2n) is 5.32. The largest absolute Gasteiger partial charge is 0.395 e. The Kier molecular flexibility index (Phi) is 5.17. The van der Waals surface area contributed by atoms with Gasteiger partial charge >= 0.3 is 0 Å². The topological polar surface area (TPSA) is 35.5 Å². The summed E-state index contributed by atoms with van der Waals surface area (Å²) in [5.41, 5.74) is 1.38. The van der Waals surface area contributed by atoms with Crippen LogP contribution in [0.4, 0.5) is 0 Å². The van der Waals surface area contributed by atoms with Gasteiger partial charge in [-0.05, 0) is 31.9 Å². The van der Waals surface area contributed by atoms with E-state index in [4.69, 9.17) is 0 Å². The first-order valence-electron chi connectivity index (χ1n) is 6.87. The Balaban J connectivity index is 1.68. The average molecular weight is 248 g/mol. The van der Waals surface area contributed by atoms with Crippen molar-refractivity contribution in [3.8, 4) is 0 Å². The minimum Gasteiger partial charge on any atom is -0.395 e. The van der Waals surface area contributed by atoms with Crippen LogP contribution >= 0.6 is 0 Å². The quantitative estimate of drug-likeness (QED) is 0.727. The zero-order chi connectivity index (χ0) is 12.8. The molecule has 100 valence electrons. The molecule has 0 aliphatic heterocycles. The van der Waals surface area contributed by atoms with Gasteiger partial charge in [0, 0.05) is 25.2 Å². The highest BCUT2D eigenvalue weighted by molar-refractivity contribution is 5.14. The summed E-state index contributed by atoms with van der Waals surface area (Å²) in [5.74, 6) is 0. The van der Waals surface area contributed by atoms with Crippen LogP contribution in [-0.4, -0.2) is 48.8 Å². The lowest BCUT2D eigenvalue weighted by Crippen LogP contribution is -2.43. The number of hydrogen-bond donors (Lipinski definition) is 2. The number of aliphatic hydroxyl groups excluding tert-OH is 1. The van der Waals surface area contributed by atoms with Crippen molar-refractivity contribution < 1.29 is 5.11 Å². The maximum atomic E-state index is 9.35. The van der Waals surface area contributed by atoms with Gasteiger partial charge in [-0.2, -0.15) is 0 Å². The molecule has 0 spiro atoms. The average Bonchev–Trinajstić information content (AvgIpc) is 3.21. The molecule has 1 aromatic carbocycles. The van der Waals surface area contributed by atoms with Gasteiger partial charge in [0.05, 0.1) is 6.61 Å². The van der Waals surface area contributed by atoms with Crippen LogP contribution in [0.2, 0.25) is 0 Å². The van der Waals surface area contributed by atoms with Gasteiger partial charge in [-0.1, -0.05) is 30.3 Å². The van der Waals surface area contributed by atoms with Gasteiger partial charge in [0.1, 0.15) is 0 Å². The van der Waals surface area contributed by atoms with Gasteiger partial charge in [-0.15, -0.1) is 0 Å². The van der Waals surface area contributed by atoms with Crippen molar-refractivity contribution in [2.75, 3.05) is 26.7 Å². The van der Waals surface area contributed by atoms with E-state index < -0.39 is 0 Å². The van der Waals surface area contributed by atoms with E-state index in [9.17, 15) is 5.11 Å². The summed E-state index contributed by atoms with van der Waals surface area (Å²) in [6.45, 7) is 2.18. The number of nitrogens with zero attached hydrogens (tertiary/aromatic N) is 1. The zero-order valence-electron chi connectivity index (χ0n) is 11.2. The Labute approximate surface area is 110 Å². The van der Waals surface area contributed by atoms with Crippen molar-refractivity contribution in [2.24, 2.45) is 0 Å². The second-order valence-corrected chi connectivity index (χ2v) is 5.32. The standard InChI is InChI=1S/C15H24N2O/c1-17(10-9-13-5-3-2-4-6-13)11-15(12-18)16-14-7-8-14/h2-6,14-16,18H,7-12H2,1H3. The van der Waals surface area contributed by atoms with E-state index >= 15 is 0 Å². The van der Waals surface area contributed by atoms with Crippen molar-refractivity contribution in [3.63, 3.8) is 0 Å². The van der Waals surface area contributed by atoms with Crippen molar-refractivity contribution in [2.45, 2.75) is 31.3 Å². The molecule has 0 radical (unpaired) electrons. The molecule has 1 aliphatic carbocycles. The van der Waals surface area contributed by atoms with Crippen molar-refractivity contribution >= 4 is 0 Å². The van der Waals surface area contributed by atoms with Crippen molar-refractivity contribution in [3.05, 3.63) is 35.9 Å². The fourth-order valence-corrected chi connectivity index (χ4v) is 2.18. The molecule has 1 fully saturated rings. The minimum absolute atomic E-state index is 0.221. The van der Waals surface area contributed by atoms with E-state index in [0.29, 0.717) is 6.04 Å². The number of rotatable bonds is 8. The molecule has 0 amide bonds. The summed E-state index contributed by atoms with van der Waals surface area (Å²) < 4.78 is 0. The summed E-state index contributed by atoms with van der Waals surface area (Å²) in [4.78, 5) is 2.29. The number of nitrogens with one attached hydrogen (secondary N) is 1. The molecule has 3 nitrogen and oxygen atoms in total. The molecule has 1 unspecified atom stereocenters. The lowest BCUT2D eigenvalue weighted by Gasteiger charge is -2.23. The normalized spacial score (nSPS) is 17.1. The third kappa shape index (κ3) is 4.77. The first-order chi connectivity index (χ1) is 8.78. The number of likely N-dealkylation sites (N-methyl/N-ethyl adjacent to an activating group) is 1. The highest BCUT2D eigenvalue weighted by Crippen LogP contribution is 2.19. The lowest BCUT2D eigenvalue weighted by atomic mass is 10.1. The molecule has 1 aromatic rings. The van der Waals surface area contributed by atoms with E-state index in [-0.39, 0.29) is 12.6 Å². The molecule has 1 saturated carbocycles. The Morgan fingerprint density at radius 3 is 2.67 bits per heavy atom. The SMILES string of the molecule is CN(CCc1ccccc1)CC(CO)NC1CC1. The molecule has 0 heterocycles. The molecular weight excluding hydrogens is 224 g/mol. The summed E-state index contributed by atoms with van der Waals surface area (Å²) in [6, 6.07) is 11.4. The van der Waals surface area contributed by atoms with Crippen LogP contribution in [-0.2, 0) is 6.42 Å². The fourth-order valence-electron chi connectivity index (χ4n) is 2.18.